The molecule has 0 atom stereocenters. The molecule has 9 heteroatoms. The van der Waals surface area contributed by atoms with Crippen molar-refractivity contribution in [2.45, 2.75) is 16.2 Å². The van der Waals surface area contributed by atoms with Crippen LogP contribution in [0.5, 0.6) is 0 Å². The van der Waals surface area contributed by atoms with Gasteiger partial charge in [0.25, 0.3) is 0 Å². The molecule has 1 aromatic carbocycles. The van der Waals surface area contributed by atoms with Gasteiger partial charge in [-0.05, 0) is 37.2 Å². The van der Waals surface area contributed by atoms with E-state index in [4.69, 9.17) is 5.73 Å². The van der Waals surface area contributed by atoms with Crippen LogP contribution >= 0.6 is 12.4 Å². The van der Waals surface area contributed by atoms with Gasteiger partial charge in [-0.3, -0.25) is 0 Å². The number of sulfone groups is 1. The Morgan fingerprint density at radius 1 is 1.05 bits per heavy atom. The van der Waals surface area contributed by atoms with Crippen molar-refractivity contribution < 1.29 is 16.8 Å². The van der Waals surface area contributed by atoms with Crippen molar-refractivity contribution in [3.05, 3.63) is 24.3 Å². The number of nitrogens with two attached hydrogens (primary N) is 1. The lowest BCUT2D eigenvalue weighted by atomic mass is 10.4. The number of sulfonamides is 1. The van der Waals surface area contributed by atoms with E-state index in [1.807, 2.05) is 0 Å². The van der Waals surface area contributed by atoms with E-state index >= 15 is 0 Å². The summed E-state index contributed by atoms with van der Waals surface area (Å²) < 4.78 is 48.4. The smallest absolute Gasteiger partial charge is 0.240 e. The number of halogens is 1. The molecule has 0 aliphatic rings. The topological polar surface area (TPSA) is 106 Å². The van der Waals surface area contributed by atoms with Gasteiger partial charge in [0.15, 0.2) is 9.84 Å². The van der Waals surface area contributed by atoms with E-state index in [1.54, 1.807) is 0 Å². The molecule has 1 aromatic rings. The summed E-state index contributed by atoms with van der Waals surface area (Å²) in [5.74, 6) is 0. The second-order valence-corrected chi connectivity index (χ2v) is 7.57. The van der Waals surface area contributed by atoms with Crippen molar-refractivity contribution in [2.24, 2.45) is 5.73 Å². The van der Waals surface area contributed by atoms with Crippen LogP contribution < -0.4 is 10.5 Å². The number of nitrogens with one attached hydrogen (secondary N) is 1. The van der Waals surface area contributed by atoms with Gasteiger partial charge in [-0.15, -0.1) is 12.4 Å². The SMILES string of the molecule is CS(=O)(=O)c1ccc(S(=O)(=O)NCCCN)cc1.Cl. The van der Waals surface area contributed by atoms with Gasteiger partial charge in [0.05, 0.1) is 9.79 Å². The highest BCUT2D eigenvalue weighted by molar-refractivity contribution is 7.90. The highest BCUT2D eigenvalue weighted by Crippen LogP contribution is 2.14. The predicted octanol–water partition coefficient (Wildman–Crippen LogP) is 0.139. The number of hydrogen-bond donors (Lipinski definition) is 2. The molecule has 0 radical (unpaired) electrons. The molecule has 110 valence electrons. The van der Waals surface area contributed by atoms with Crippen molar-refractivity contribution in [2.75, 3.05) is 19.3 Å². The Bertz CT molecular complexity index is 597. The molecule has 0 heterocycles. The molecule has 0 bridgehead atoms. The third-order valence-corrected chi connectivity index (χ3v) is 4.84. The molecule has 0 fully saturated rings. The summed E-state index contributed by atoms with van der Waals surface area (Å²) in [4.78, 5) is 0.121. The van der Waals surface area contributed by atoms with Gasteiger partial charge in [-0.1, -0.05) is 0 Å². The lowest BCUT2D eigenvalue weighted by Crippen LogP contribution is -2.26. The molecule has 0 aliphatic heterocycles. The Labute approximate surface area is 119 Å². The van der Waals surface area contributed by atoms with Gasteiger partial charge in [0, 0.05) is 12.8 Å². The summed E-state index contributed by atoms with van der Waals surface area (Å²) >= 11 is 0. The molecule has 0 unspecified atom stereocenters. The number of rotatable bonds is 6. The van der Waals surface area contributed by atoms with Crippen LogP contribution in [0.15, 0.2) is 34.1 Å². The molecule has 19 heavy (non-hydrogen) atoms. The van der Waals surface area contributed by atoms with Crippen LogP contribution in [0.25, 0.3) is 0 Å². The molecule has 6 nitrogen and oxygen atoms in total. The third kappa shape index (κ3) is 5.45. The molecular formula is C10H17ClN2O4S2. The summed E-state index contributed by atoms with van der Waals surface area (Å²) in [6.07, 6.45) is 1.61. The Morgan fingerprint density at radius 2 is 1.53 bits per heavy atom. The summed E-state index contributed by atoms with van der Waals surface area (Å²) in [7, 11) is -6.91. The zero-order valence-electron chi connectivity index (χ0n) is 10.4. The van der Waals surface area contributed by atoms with Gasteiger partial charge < -0.3 is 5.73 Å². The van der Waals surface area contributed by atoms with Gasteiger partial charge >= 0.3 is 0 Å². The van der Waals surface area contributed by atoms with Crippen LogP contribution in [0.4, 0.5) is 0 Å². The fraction of sp³-hybridized carbons (Fsp3) is 0.400. The zero-order valence-corrected chi connectivity index (χ0v) is 12.8. The molecule has 0 saturated heterocycles. The molecule has 0 amide bonds. The van der Waals surface area contributed by atoms with E-state index in [9.17, 15) is 16.8 Å². The van der Waals surface area contributed by atoms with Crippen LogP contribution in [0.3, 0.4) is 0 Å². The van der Waals surface area contributed by atoms with E-state index in [-0.39, 0.29) is 28.7 Å². The Kier molecular flexibility index (Phi) is 6.95. The lowest BCUT2D eigenvalue weighted by Gasteiger charge is -2.06. The average Bonchev–Trinajstić information content (AvgIpc) is 2.28. The van der Waals surface area contributed by atoms with Gasteiger partial charge in [0.2, 0.25) is 10.0 Å². The summed E-state index contributed by atoms with van der Waals surface area (Å²) in [5, 5.41) is 0. The predicted molar refractivity (Wildman–Crippen MR) is 75.7 cm³/mol. The highest BCUT2D eigenvalue weighted by Gasteiger charge is 2.14. The largest absolute Gasteiger partial charge is 0.330 e. The van der Waals surface area contributed by atoms with Crippen molar-refractivity contribution in [3.8, 4) is 0 Å². The Balaban J connectivity index is 0.00000324. The fourth-order valence-electron chi connectivity index (χ4n) is 1.26. The normalized spacial score (nSPS) is 11.9. The minimum absolute atomic E-state index is 0. The lowest BCUT2D eigenvalue weighted by molar-refractivity contribution is 0.579. The van der Waals surface area contributed by atoms with Crippen molar-refractivity contribution in [1.82, 2.24) is 4.72 Å². The molecule has 0 aromatic heterocycles. The fourth-order valence-corrected chi connectivity index (χ4v) is 2.96. The first-order valence-electron chi connectivity index (χ1n) is 5.27. The first-order valence-corrected chi connectivity index (χ1v) is 8.65. The van der Waals surface area contributed by atoms with Crippen molar-refractivity contribution >= 4 is 32.3 Å². The maximum atomic E-state index is 11.8. The second kappa shape index (κ2) is 7.20. The average molecular weight is 329 g/mol. The third-order valence-electron chi connectivity index (χ3n) is 2.24. The van der Waals surface area contributed by atoms with E-state index in [0.29, 0.717) is 13.0 Å². The van der Waals surface area contributed by atoms with Crippen molar-refractivity contribution in [1.29, 1.82) is 0 Å². The van der Waals surface area contributed by atoms with Crippen LogP contribution in [0.1, 0.15) is 6.42 Å². The first kappa shape index (κ1) is 18.3. The molecule has 0 aliphatic carbocycles. The molecule has 0 spiro atoms. The van der Waals surface area contributed by atoms with Crippen LogP contribution in [0.2, 0.25) is 0 Å². The standard InChI is InChI=1S/C10H16N2O4S2.ClH/c1-17(13,14)9-3-5-10(6-4-9)18(15,16)12-8-2-7-11;/h3-6,12H,2,7-8,11H2,1H3;1H. The minimum Gasteiger partial charge on any atom is -0.330 e. The van der Waals surface area contributed by atoms with E-state index < -0.39 is 19.9 Å². The van der Waals surface area contributed by atoms with Crippen molar-refractivity contribution in [3.63, 3.8) is 0 Å². The Morgan fingerprint density at radius 3 is 1.95 bits per heavy atom. The Hall–Kier alpha value is -0.670. The van der Waals surface area contributed by atoms with E-state index in [1.165, 1.54) is 24.3 Å². The van der Waals surface area contributed by atoms with E-state index in [2.05, 4.69) is 4.72 Å². The van der Waals surface area contributed by atoms with Gasteiger partial charge in [0.1, 0.15) is 0 Å². The molecular weight excluding hydrogens is 312 g/mol. The summed E-state index contributed by atoms with van der Waals surface area (Å²) in [6, 6.07) is 5.07. The van der Waals surface area contributed by atoms with Gasteiger partial charge in [-0.2, -0.15) is 0 Å². The highest BCUT2D eigenvalue weighted by atomic mass is 35.5. The maximum absolute atomic E-state index is 11.8. The van der Waals surface area contributed by atoms with Gasteiger partial charge in [-0.25, -0.2) is 21.6 Å². The van der Waals surface area contributed by atoms with Crippen LogP contribution in [-0.2, 0) is 19.9 Å². The number of benzene rings is 1. The number of hydrogen-bond acceptors (Lipinski definition) is 5. The summed E-state index contributed by atoms with van der Waals surface area (Å²) in [5.41, 5.74) is 5.26. The van der Waals surface area contributed by atoms with Crippen LogP contribution in [0, 0.1) is 0 Å². The van der Waals surface area contributed by atoms with Crippen LogP contribution in [-0.4, -0.2) is 36.2 Å². The molecule has 0 saturated carbocycles. The first-order chi connectivity index (χ1) is 8.27. The maximum Gasteiger partial charge on any atom is 0.240 e. The second-order valence-electron chi connectivity index (χ2n) is 3.78. The van der Waals surface area contributed by atoms with E-state index in [0.717, 1.165) is 6.26 Å². The molecule has 3 N–H and O–H groups in total. The quantitative estimate of drug-likeness (QED) is 0.722. The summed E-state index contributed by atoms with van der Waals surface area (Å²) in [6.45, 7) is 0.655. The monoisotopic (exact) mass is 328 g/mol. The zero-order chi connectivity index (χ0) is 13.8. The molecule has 1 rings (SSSR count). The minimum atomic E-state index is -3.60.